The van der Waals surface area contributed by atoms with E-state index in [1.807, 2.05) is 36.4 Å². The summed E-state index contributed by atoms with van der Waals surface area (Å²) in [6.07, 6.45) is 0.369. The van der Waals surface area contributed by atoms with E-state index in [2.05, 4.69) is 5.32 Å². The summed E-state index contributed by atoms with van der Waals surface area (Å²) in [5, 5.41) is 2.80. The van der Waals surface area contributed by atoms with Gasteiger partial charge in [-0.2, -0.15) is 0 Å². The summed E-state index contributed by atoms with van der Waals surface area (Å²) in [5.41, 5.74) is 2.77. The van der Waals surface area contributed by atoms with E-state index in [0.29, 0.717) is 24.5 Å². The molecule has 0 radical (unpaired) electrons. The standard InChI is InChI=1S/C16H15NO3/c1-19-14-9-13(7-12-8-15(18)17-16(12)14)20-10-11-5-3-2-4-6-11/h2-7,9H,8,10H2,1H3,(H,17,18). The second-order valence-electron chi connectivity index (χ2n) is 4.66. The SMILES string of the molecule is COc1cc(OCc2ccccc2)cc2c1NC(=O)C2. The molecule has 3 rings (SSSR count). The zero-order valence-corrected chi connectivity index (χ0v) is 11.2. The maximum Gasteiger partial charge on any atom is 0.228 e. The molecule has 0 atom stereocenters. The van der Waals surface area contributed by atoms with Gasteiger partial charge in [0.1, 0.15) is 18.1 Å². The van der Waals surface area contributed by atoms with Gasteiger partial charge in [-0.3, -0.25) is 4.79 Å². The Morgan fingerprint density at radius 3 is 2.75 bits per heavy atom. The van der Waals surface area contributed by atoms with Crippen LogP contribution in [0.2, 0.25) is 0 Å². The van der Waals surface area contributed by atoms with Crippen molar-refractivity contribution in [2.24, 2.45) is 0 Å². The third-order valence-corrected chi connectivity index (χ3v) is 3.24. The van der Waals surface area contributed by atoms with Crippen molar-refractivity contribution >= 4 is 11.6 Å². The van der Waals surface area contributed by atoms with Crippen molar-refractivity contribution in [3.8, 4) is 11.5 Å². The monoisotopic (exact) mass is 269 g/mol. The summed E-state index contributed by atoms with van der Waals surface area (Å²) in [5.74, 6) is 1.33. The van der Waals surface area contributed by atoms with E-state index < -0.39 is 0 Å². The van der Waals surface area contributed by atoms with Crippen LogP contribution >= 0.6 is 0 Å². The molecule has 0 unspecified atom stereocenters. The number of rotatable bonds is 4. The highest BCUT2D eigenvalue weighted by molar-refractivity contribution is 6.01. The number of fused-ring (bicyclic) bond motifs is 1. The fourth-order valence-electron chi connectivity index (χ4n) is 2.27. The van der Waals surface area contributed by atoms with Crippen molar-refractivity contribution in [1.82, 2.24) is 0 Å². The largest absolute Gasteiger partial charge is 0.494 e. The highest BCUT2D eigenvalue weighted by Crippen LogP contribution is 2.37. The average Bonchev–Trinajstić information content (AvgIpc) is 2.85. The van der Waals surface area contributed by atoms with Crippen molar-refractivity contribution in [3.63, 3.8) is 0 Å². The molecule has 2 aromatic carbocycles. The Hall–Kier alpha value is -2.49. The van der Waals surface area contributed by atoms with Crippen LogP contribution in [0.5, 0.6) is 11.5 Å². The van der Waals surface area contributed by atoms with Gasteiger partial charge >= 0.3 is 0 Å². The molecule has 0 bridgehead atoms. The third-order valence-electron chi connectivity index (χ3n) is 3.24. The van der Waals surface area contributed by atoms with Gasteiger partial charge in [0.15, 0.2) is 0 Å². The van der Waals surface area contributed by atoms with Crippen LogP contribution in [-0.4, -0.2) is 13.0 Å². The van der Waals surface area contributed by atoms with Gasteiger partial charge in [0.05, 0.1) is 19.2 Å². The Balaban J connectivity index is 1.81. The molecule has 1 N–H and O–H groups in total. The van der Waals surface area contributed by atoms with Gasteiger partial charge in [0, 0.05) is 6.07 Å². The van der Waals surface area contributed by atoms with Crippen LogP contribution in [-0.2, 0) is 17.8 Å². The molecule has 2 aromatic rings. The molecule has 0 fully saturated rings. The predicted octanol–water partition coefficient (Wildman–Crippen LogP) is 2.77. The van der Waals surface area contributed by atoms with Gasteiger partial charge in [0.2, 0.25) is 5.91 Å². The first-order valence-corrected chi connectivity index (χ1v) is 6.44. The first kappa shape index (κ1) is 12.5. The molecular formula is C16H15NO3. The van der Waals surface area contributed by atoms with Gasteiger partial charge < -0.3 is 14.8 Å². The highest BCUT2D eigenvalue weighted by Gasteiger charge is 2.22. The summed E-state index contributed by atoms with van der Waals surface area (Å²) in [6, 6.07) is 13.6. The molecule has 0 saturated carbocycles. The molecule has 1 aliphatic heterocycles. The Labute approximate surface area is 117 Å². The van der Waals surface area contributed by atoms with Crippen LogP contribution in [0.3, 0.4) is 0 Å². The zero-order chi connectivity index (χ0) is 13.9. The van der Waals surface area contributed by atoms with Crippen molar-refractivity contribution in [2.75, 3.05) is 12.4 Å². The fraction of sp³-hybridized carbons (Fsp3) is 0.188. The zero-order valence-electron chi connectivity index (χ0n) is 11.2. The van der Waals surface area contributed by atoms with E-state index in [1.165, 1.54) is 0 Å². The second-order valence-corrected chi connectivity index (χ2v) is 4.66. The summed E-state index contributed by atoms with van der Waals surface area (Å²) in [4.78, 5) is 11.5. The molecule has 1 heterocycles. The number of hydrogen-bond acceptors (Lipinski definition) is 3. The summed E-state index contributed by atoms with van der Waals surface area (Å²) >= 11 is 0. The molecule has 1 amide bonds. The molecule has 102 valence electrons. The number of methoxy groups -OCH3 is 1. The average molecular weight is 269 g/mol. The number of ether oxygens (including phenoxy) is 2. The minimum atomic E-state index is -0.0153. The molecular weight excluding hydrogens is 254 g/mol. The lowest BCUT2D eigenvalue weighted by molar-refractivity contribution is -0.115. The molecule has 0 aromatic heterocycles. The predicted molar refractivity (Wildman–Crippen MR) is 76.1 cm³/mol. The molecule has 0 spiro atoms. The van der Waals surface area contributed by atoms with Crippen LogP contribution in [0.25, 0.3) is 0 Å². The van der Waals surface area contributed by atoms with E-state index in [9.17, 15) is 4.79 Å². The molecule has 4 nitrogen and oxygen atoms in total. The minimum absolute atomic E-state index is 0.0153. The normalized spacial score (nSPS) is 12.8. The topological polar surface area (TPSA) is 47.6 Å². The van der Waals surface area contributed by atoms with Gasteiger partial charge in [-0.25, -0.2) is 0 Å². The molecule has 0 saturated heterocycles. The number of hydrogen-bond donors (Lipinski definition) is 1. The van der Waals surface area contributed by atoms with Gasteiger partial charge in [-0.05, 0) is 17.2 Å². The quantitative estimate of drug-likeness (QED) is 0.928. The number of benzene rings is 2. The summed E-state index contributed by atoms with van der Waals surface area (Å²) in [7, 11) is 1.58. The van der Waals surface area contributed by atoms with Crippen molar-refractivity contribution < 1.29 is 14.3 Å². The lowest BCUT2D eigenvalue weighted by Crippen LogP contribution is -2.04. The molecule has 0 aliphatic carbocycles. The van der Waals surface area contributed by atoms with E-state index >= 15 is 0 Å². The lowest BCUT2D eigenvalue weighted by Gasteiger charge is -2.11. The van der Waals surface area contributed by atoms with Crippen LogP contribution in [0.4, 0.5) is 5.69 Å². The molecule has 20 heavy (non-hydrogen) atoms. The molecule has 1 aliphatic rings. The van der Waals surface area contributed by atoms with Crippen LogP contribution in [0, 0.1) is 0 Å². The Bertz CT molecular complexity index is 638. The Morgan fingerprint density at radius 1 is 1.20 bits per heavy atom. The van der Waals surface area contributed by atoms with E-state index in [1.54, 1.807) is 13.2 Å². The van der Waals surface area contributed by atoms with E-state index in [-0.39, 0.29) is 5.91 Å². The first-order chi connectivity index (χ1) is 9.76. The Kier molecular flexibility index (Phi) is 3.29. The third kappa shape index (κ3) is 2.45. The Morgan fingerprint density at radius 2 is 2.00 bits per heavy atom. The van der Waals surface area contributed by atoms with Gasteiger partial charge in [0.25, 0.3) is 0 Å². The highest BCUT2D eigenvalue weighted by atomic mass is 16.5. The number of amides is 1. The van der Waals surface area contributed by atoms with Crippen molar-refractivity contribution in [3.05, 3.63) is 53.6 Å². The van der Waals surface area contributed by atoms with Crippen LogP contribution < -0.4 is 14.8 Å². The molecule has 4 heteroatoms. The minimum Gasteiger partial charge on any atom is -0.494 e. The number of carbonyl (C=O) groups is 1. The van der Waals surface area contributed by atoms with Crippen molar-refractivity contribution in [1.29, 1.82) is 0 Å². The maximum atomic E-state index is 11.5. The fourth-order valence-corrected chi connectivity index (χ4v) is 2.27. The maximum absolute atomic E-state index is 11.5. The second kappa shape index (κ2) is 5.25. The van der Waals surface area contributed by atoms with Crippen LogP contribution in [0.15, 0.2) is 42.5 Å². The lowest BCUT2D eigenvalue weighted by atomic mass is 10.1. The number of anilines is 1. The van der Waals surface area contributed by atoms with Gasteiger partial charge in [-0.15, -0.1) is 0 Å². The van der Waals surface area contributed by atoms with Gasteiger partial charge in [-0.1, -0.05) is 30.3 Å². The van der Waals surface area contributed by atoms with E-state index in [0.717, 1.165) is 16.8 Å². The van der Waals surface area contributed by atoms with Crippen LogP contribution in [0.1, 0.15) is 11.1 Å². The summed E-state index contributed by atoms with van der Waals surface area (Å²) in [6.45, 7) is 0.490. The van der Waals surface area contributed by atoms with E-state index in [4.69, 9.17) is 9.47 Å². The smallest absolute Gasteiger partial charge is 0.228 e. The number of nitrogens with one attached hydrogen (secondary N) is 1. The first-order valence-electron chi connectivity index (χ1n) is 6.44. The summed E-state index contributed by atoms with van der Waals surface area (Å²) < 4.78 is 11.1. The number of carbonyl (C=O) groups excluding carboxylic acids is 1. The van der Waals surface area contributed by atoms with Crippen molar-refractivity contribution in [2.45, 2.75) is 13.0 Å².